The summed E-state index contributed by atoms with van der Waals surface area (Å²) in [6.07, 6.45) is 14.2. The van der Waals surface area contributed by atoms with Gasteiger partial charge in [-0.2, -0.15) is 0 Å². The van der Waals surface area contributed by atoms with Crippen LogP contribution in [-0.4, -0.2) is 18.5 Å². The van der Waals surface area contributed by atoms with Crippen LogP contribution >= 0.6 is 0 Å². The molecule has 1 heterocycles. The van der Waals surface area contributed by atoms with Gasteiger partial charge in [0, 0.05) is 0 Å². The second-order valence-electron chi connectivity index (χ2n) is 4.55. The molecular weight excluding hydrogens is 174 g/mol. The number of hydrogen-bond donors (Lipinski definition) is 0. The van der Waals surface area contributed by atoms with Crippen molar-refractivity contribution in [2.45, 2.75) is 69.9 Å². The van der Waals surface area contributed by atoms with Gasteiger partial charge in [-0.1, -0.05) is 38.5 Å². The van der Waals surface area contributed by atoms with Crippen LogP contribution in [0.3, 0.4) is 0 Å². The average Bonchev–Trinajstić information content (AvgIpc) is 2.61. The van der Waals surface area contributed by atoms with Crippen molar-refractivity contribution in [3.63, 3.8) is 0 Å². The van der Waals surface area contributed by atoms with Crippen molar-refractivity contribution < 1.29 is 4.74 Å². The van der Waals surface area contributed by atoms with Crippen LogP contribution in [0.15, 0.2) is 4.99 Å². The first kappa shape index (κ1) is 10.0. The highest BCUT2D eigenvalue weighted by Gasteiger charge is 2.24. The Morgan fingerprint density at radius 2 is 1.50 bits per heavy atom. The van der Waals surface area contributed by atoms with Crippen molar-refractivity contribution >= 4 is 6.40 Å². The summed E-state index contributed by atoms with van der Waals surface area (Å²) in [5, 5.41) is 0. The lowest BCUT2D eigenvalue weighted by atomic mass is 10.0. The molecule has 80 valence electrons. The Hall–Kier alpha value is -0.530. The van der Waals surface area contributed by atoms with Crippen molar-refractivity contribution in [2.24, 2.45) is 4.99 Å². The van der Waals surface area contributed by atoms with E-state index in [1.54, 1.807) is 6.40 Å². The van der Waals surface area contributed by atoms with Gasteiger partial charge in [-0.3, -0.25) is 4.99 Å². The number of nitrogens with zero attached hydrogens (tertiary/aromatic N) is 1. The van der Waals surface area contributed by atoms with Crippen molar-refractivity contribution in [3.05, 3.63) is 0 Å². The van der Waals surface area contributed by atoms with Gasteiger partial charge in [0.2, 0.25) is 0 Å². The van der Waals surface area contributed by atoms with E-state index in [0.29, 0.717) is 12.1 Å². The van der Waals surface area contributed by atoms with Crippen LogP contribution in [0.2, 0.25) is 0 Å². The highest BCUT2D eigenvalue weighted by Crippen LogP contribution is 2.23. The van der Waals surface area contributed by atoms with E-state index in [2.05, 4.69) is 4.99 Å². The third-order valence-corrected chi connectivity index (χ3v) is 3.41. The van der Waals surface area contributed by atoms with E-state index in [9.17, 15) is 0 Å². The second-order valence-corrected chi connectivity index (χ2v) is 4.55. The molecule has 0 aromatic rings. The van der Waals surface area contributed by atoms with Crippen molar-refractivity contribution in [1.29, 1.82) is 0 Å². The van der Waals surface area contributed by atoms with Crippen LogP contribution in [0.5, 0.6) is 0 Å². The molecule has 0 radical (unpaired) electrons. The van der Waals surface area contributed by atoms with Crippen LogP contribution in [0.25, 0.3) is 0 Å². The molecule has 1 aliphatic carbocycles. The molecule has 2 unspecified atom stereocenters. The zero-order chi connectivity index (χ0) is 9.64. The van der Waals surface area contributed by atoms with Gasteiger partial charge in [0.25, 0.3) is 0 Å². The van der Waals surface area contributed by atoms with Crippen LogP contribution in [0.4, 0.5) is 0 Å². The molecule has 2 aliphatic rings. The van der Waals surface area contributed by atoms with E-state index in [1.807, 2.05) is 0 Å². The lowest BCUT2D eigenvalue weighted by Crippen LogP contribution is -2.21. The monoisotopic (exact) mass is 195 g/mol. The number of aliphatic imine (C=N–C) groups is 1. The first-order chi connectivity index (χ1) is 6.97. The molecule has 14 heavy (non-hydrogen) atoms. The normalized spacial score (nSPS) is 34.3. The van der Waals surface area contributed by atoms with Gasteiger partial charge >= 0.3 is 0 Å². The van der Waals surface area contributed by atoms with E-state index in [0.717, 1.165) is 0 Å². The summed E-state index contributed by atoms with van der Waals surface area (Å²) >= 11 is 0. The van der Waals surface area contributed by atoms with Crippen LogP contribution < -0.4 is 0 Å². The Kier molecular flexibility index (Phi) is 3.84. The fourth-order valence-corrected chi connectivity index (χ4v) is 2.48. The van der Waals surface area contributed by atoms with Crippen LogP contribution in [-0.2, 0) is 4.74 Å². The lowest BCUT2D eigenvalue weighted by Gasteiger charge is -2.16. The van der Waals surface area contributed by atoms with E-state index in [1.165, 1.54) is 57.8 Å². The minimum Gasteiger partial charge on any atom is -0.478 e. The molecule has 0 spiro atoms. The third-order valence-electron chi connectivity index (χ3n) is 3.41. The maximum Gasteiger partial charge on any atom is 0.170 e. The van der Waals surface area contributed by atoms with Crippen molar-refractivity contribution in [3.8, 4) is 0 Å². The summed E-state index contributed by atoms with van der Waals surface area (Å²) in [4.78, 5) is 4.42. The minimum absolute atomic E-state index is 0.410. The lowest BCUT2D eigenvalue weighted by molar-refractivity contribution is 0.179. The molecule has 2 heteroatoms. The molecule has 0 N–H and O–H groups in total. The standard InChI is InChI=1S/C12H21NO/c1-2-4-6-8-11-12(14-10-13-11)9-7-5-3-1/h10-12H,1-9H2. The molecule has 0 amide bonds. The zero-order valence-electron chi connectivity index (χ0n) is 8.95. The number of fused-ring (bicyclic) bond motifs is 1. The summed E-state index contributed by atoms with van der Waals surface area (Å²) in [6.45, 7) is 0. The van der Waals surface area contributed by atoms with Gasteiger partial charge in [-0.25, -0.2) is 0 Å². The molecule has 0 bridgehead atoms. The highest BCUT2D eigenvalue weighted by molar-refractivity contribution is 5.49. The molecule has 2 atom stereocenters. The molecule has 0 saturated heterocycles. The first-order valence-electron chi connectivity index (χ1n) is 6.14. The van der Waals surface area contributed by atoms with E-state index >= 15 is 0 Å². The van der Waals surface area contributed by atoms with Gasteiger partial charge in [-0.05, 0) is 19.3 Å². The van der Waals surface area contributed by atoms with Gasteiger partial charge in [-0.15, -0.1) is 0 Å². The SMILES string of the molecule is C1=NC2CCCCCCCCCC2O1. The summed E-state index contributed by atoms with van der Waals surface area (Å²) in [5.41, 5.74) is 0. The van der Waals surface area contributed by atoms with E-state index in [-0.39, 0.29) is 0 Å². The highest BCUT2D eigenvalue weighted by atomic mass is 16.5. The summed E-state index contributed by atoms with van der Waals surface area (Å²) < 4.78 is 5.54. The van der Waals surface area contributed by atoms with E-state index < -0.39 is 0 Å². The Labute approximate surface area is 86.8 Å². The predicted octanol–water partition coefficient (Wildman–Crippen LogP) is 3.31. The molecule has 1 aliphatic heterocycles. The topological polar surface area (TPSA) is 21.6 Å². The second kappa shape index (κ2) is 5.38. The molecule has 2 rings (SSSR count). The van der Waals surface area contributed by atoms with Crippen LogP contribution in [0, 0.1) is 0 Å². The Bertz CT molecular complexity index is 191. The largest absolute Gasteiger partial charge is 0.478 e. The number of ether oxygens (including phenoxy) is 1. The van der Waals surface area contributed by atoms with Gasteiger partial charge in [0.1, 0.15) is 6.10 Å². The number of hydrogen-bond acceptors (Lipinski definition) is 2. The summed E-state index contributed by atoms with van der Waals surface area (Å²) in [5.74, 6) is 0. The third kappa shape index (κ3) is 2.73. The quantitative estimate of drug-likeness (QED) is 0.581. The summed E-state index contributed by atoms with van der Waals surface area (Å²) in [6, 6.07) is 0.480. The van der Waals surface area contributed by atoms with Gasteiger partial charge in [0.05, 0.1) is 6.04 Å². The molecule has 2 nitrogen and oxygen atoms in total. The van der Waals surface area contributed by atoms with Gasteiger partial charge in [0.15, 0.2) is 6.40 Å². The smallest absolute Gasteiger partial charge is 0.170 e. The first-order valence-corrected chi connectivity index (χ1v) is 6.14. The molecule has 1 saturated carbocycles. The molecular formula is C12H21NO. The Morgan fingerprint density at radius 3 is 2.29 bits per heavy atom. The fourth-order valence-electron chi connectivity index (χ4n) is 2.48. The van der Waals surface area contributed by atoms with Crippen molar-refractivity contribution in [1.82, 2.24) is 0 Å². The maximum absolute atomic E-state index is 5.54. The average molecular weight is 195 g/mol. The van der Waals surface area contributed by atoms with Gasteiger partial charge < -0.3 is 4.74 Å². The van der Waals surface area contributed by atoms with E-state index in [4.69, 9.17) is 4.74 Å². The summed E-state index contributed by atoms with van der Waals surface area (Å²) in [7, 11) is 0. The Balaban J connectivity index is 1.83. The van der Waals surface area contributed by atoms with Crippen LogP contribution in [0.1, 0.15) is 57.8 Å². The fraction of sp³-hybridized carbons (Fsp3) is 0.917. The van der Waals surface area contributed by atoms with Crippen molar-refractivity contribution in [2.75, 3.05) is 0 Å². The maximum atomic E-state index is 5.54. The molecule has 1 fully saturated rings. The molecule has 0 aromatic heterocycles. The predicted molar refractivity (Wildman–Crippen MR) is 58.7 cm³/mol. The molecule has 0 aromatic carbocycles. The minimum atomic E-state index is 0.410. The zero-order valence-corrected chi connectivity index (χ0v) is 8.95. The Morgan fingerprint density at radius 1 is 0.857 bits per heavy atom. The number of rotatable bonds is 0.